The molecular weight excluding hydrogens is 368 g/mol. The molecular formula is C23H22N2O4. The van der Waals surface area contributed by atoms with Gasteiger partial charge in [-0.3, -0.25) is 9.59 Å². The number of fused-ring (bicyclic) bond motifs is 1. The fourth-order valence-corrected chi connectivity index (χ4v) is 3.52. The molecule has 1 aliphatic carbocycles. The van der Waals surface area contributed by atoms with Crippen LogP contribution in [-0.4, -0.2) is 18.4 Å². The predicted octanol–water partition coefficient (Wildman–Crippen LogP) is 4.10. The molecule has 0 fully saturated rings. The molecule has 0 aliphatic heterocycles. The Labute approximate surface area is 168 Å². The van der Waals surface area contributed by atoms with Crippen LogP contribution < -0.4 is 15.4 Å². The van der Waals surface area contributed by atoms with Crippen LogP contribution in [0.25, 0.3) is 0 Å². The molecule has 1 aromatic heterocycles. The lowest BCUT2D eigenvalue weighted by atomic mass is 9.88. The topological polar surface area (TPSA) is 80.6 Å². The average molecular weight is 390 g/mol. The number of nitrogens with one attached hydrogen (secondary N) is 2. The second-order valence-corrected chi connectivity index (χ2v) is 6.96. The Morgan fingerprint density at radius 2 is 1.86 bits per heavy atom. The van der Waals surface area contributed by atoms with Crippen molar-refractivity contribution >= 4 is 17.5 Å². The van der Waals surface area contributed by atoms with Crippen molar-refractivity contribution in [2.24, 2.45) is 0 Å². The Kier molecular flexibility index (Phi) is 5.61. The van der Waals surface area contributed by atoms with Crippen molar-refractivity contribution < 1.29 is 18.7 Å². The molecule has 2 aromatic carbocycles. The van der Waals surface area contributed by atoms with Crippen molar-refractivity contribution in [2.75, 3.05) is 11.9 Å². The van der Waals surface area contributed by atoms with Crippen LogP contribution in [0.2, 0.25) is 0 Å². The predicted molar refractivity (Wildman–Crippen MR) is 109 cm³/mol. The van der Waals surface area contributed by atoms with Gasteiger partial charge in [-0.25, -0.2) is 0 Å². The number of ether oxygens (including phenoxy) is 1. The first kappa shape index (κ1) is 18.8. The zero-order chi connectivity index (χ0) is 20.1. The zero-order valence-electron chi connectivity index (χ0n) is 15.9. The van der Waals surface area contributed by atoms with E-state index in [2.05, 4.69) is 22.8 Å². The summed E-state index contributed by atoms with van der Waals surface area (Å²) >= 11 is 0. The van der Waals surface area contributed by atoms with Crippen LogP contribution in [0.4, 0.5) is 5.69 Å². The van der Waals surface area contributed by atoms with E-state index < -0.39 is 0 Å². The van der Waals surface area contributed by atoms with Gasteiger partial charge in [-0.2, -0.15) is 0 Å². The molecule has 0 unspecified atom stereocenters. The van der Waals surface area contributed by atoms with Crippen LogP contribution in [-0.2, 0) is 11.2 Å². The molecule has 0 bridgehead atoms. The van der Waals surface area contributed by atoms with Crippen LogP contribution >= 0.6 is 0 Å². The van der Waals surface area contributed by atoms with Gasteiger partial charge in [0.1, 0.15) is 5.75 Å². The second-order valence-electron chi connectivity index (χ2n) is 6.96. The molecule has 0 spiro atoms. The summed E-state index contributed by atoms with van der Waals surface area (Å²) in [6.07, 6.45) is 4.51. The Morgan fingerprint density at radius 3 is 2.66 bits per heavy atom. The maximum Gasteiger partial charge on any atom is 0.291 e. The fraction of sp³-hybridized carbons (Fsp3) is 0.217. The second kappa shape index (κ2) is 8.65. The van der Waals surface area contributed by atoms with Gasteiger partial charge in [0.05, 0.1) is 12.3 Å². The molecule has 0 radical (unpaired) electrons. The molecule has 29 heavy (non-hydrogen) atoms. The number of benzene rings is 2. The third kappa shape index (κ3) is 4.66. The smallest absolute Gasteiger partial charge is 0.291 e. The van der Waals surface area contributed by atoms with Crippen molar-refractivity contribution in [2.45, 2.75) is 25.3 Å². The first-order valence-electron chi connectivity index (χ1n) is 9.64. The van der Waals surface area contributed by atoms with Crippen molar-refractivity contribution in [3.8, 4) is 5.75 Å². The molecule has 2 N–H and O–H groups in total. The minimum Gasteiger partial charge on any atom is -0.484 e. The lowest BCUT2D eigenvalue weighted by Gasteiger charge is -2.26. The third-order valence-corrected chi connectivity index (χ3v) is 4.93. The van der Waals surface area contributed by atoms with Crippen LogP contribution in [0.5, 0.6) is 5.75 Å². The summed E-state index contributed by atoms with van der Waals surface area (Å²) in [5, 5.41) is 5.80. The molecule has 1 heterocycles. The van der Waals surface area contributed by atoms with Crippen LogP contribution in [0, 0.1) is 0 Å². The molecule has 3 aromatic rings. The van der Waals surface area contributed by atoms with Crippen molar-refractivity contribution in [3.63, 3.8) is 0 Å². The lowest BCUT2D eigenvalue weighted by molar-refractivity contribution is -0.123. The normalized spacial score (nSPS) is 15.2. The third-order valence-electron chi connectivity index (χ3n) is 4.93. The number of carbonyl (C=O) groups excluding carboxylic acids is 2. The van der Waals surface area contributed by atoms with Crippen LogP contribution in [0.1, 0.15) is 40.6 Å². The lowest BCUT2D eigenvalue weighted by Crippen LogP contribution is -2.34. The molecule has 1 atom stereocenters. The van der Waals surface area contributed by atoms with Gasteiger partial charge in [0.2, 0.25) is 0 Å². The van der Waals surface area contributed by atoms with E-state index in [0.29, 0.717) is 11.4 Å². The molecule has 1 aliphatic rings. The molecule has 0 saturated heterocycles. The highest BCUT2D eigenvalue weighted by Crippen LogP contribution is 2.29. The summed E-state index contributed by atoms with van der Waals surface area (Å²) in [5.41, 5.74) is 3.11. The fourth-order valence-electron chi connectivity index (χ4n) is 3.52. The molecule has 148 valence electrons. The van der Waals surface area contributed by atoms with Gasteiger partial charge in [0.25, 0.3) is 11.8 Å². The number of hydrogen-bond acceptors (Lipinski definition) is 4. The van der Waals surface area contributed by atoms with E-state index in [-0.39, 0.29) is 30.2 Å². The first-order chi connectivity index (χ1) is 14.2. The van der Waals surface area contributed by atoms with Gasteiger partial charge < -0.3 is 19.8 Å². The number of carbonyl (C=O) groups is 2. The number of rotatable bonds is 6. The minimum absolute atomic E-state index is 0.0373. The molecule has 0 saturated carbocycles. The van der Waals surface area contributed by atoms with E-state index in [1.807, 2.05) is 12.1 Å². The van der Waals surface area contributed by atoms with Crippen LogP contribution in [0.3, 0.4) is 0 Å². The highest BCUT2D eigenvalue weighted by molar-refractivity contribution is 6.02. The van der Waals surface area contributed by atoms with E-state index >= 15 is 0 Å². The van der Waals surface area contributed by atoms with E-state index in [1.54, 1.807) is 36.4 Å². The maximum absolute atomic E-state index is 12.3. The first-order valence-corrected chi connectivity index (χ1v) is 9.64. The number of aryl methyl sites for hydroxylation is 1. The van der Waals surface area contributed by atoms with Gasteiger partial charge in [0, 0.05) is 5.69 Å². The van der Waals surface area contributed by atoms with Gasteiger partial charge in [0.15, 0.2) is 12.4 Å². The maximum atomic E-state index is 12.3. The average Bonchev–Trinajstić information content (AvgIpc) is 3.29. The molecule has 6 nitrogen and oxygen atoms in total. The Balaban J connectivity index is 1.28. The Hall–Kier alpha value is -3.54. The summed E-state index contributed by atoms with van der Waals surface area (Å²) in [6.45, 7) is -0.0588. The Morgan fingerprint density at radius 1 is 1.03 bits per heavy atom. The summed E-state index contributed by atoms with van der Waals surface area (Å²) in [5.74, 6) is 0.323. The monoisotopic (exact) mass is 390 g/mol. The summed E-state index contributed by atoms with van der Waals surface area (Å²) in [6, 6.07) is 18.4. The number of hydrogen-bond donors (Lipinski definition) is 2. The van der Waals surface area contributed by atoms with Gasteiger partial charge in [-0.05, 0) is 66.8 Å². The SMILES string of the molecule is O=C(COc1ccc(NC(=O)c2ccco2)cc1)N[C@@H]1CCCc2ccccc21. The quantitative estimate of drug-likeness (QED) is 0.664. The van der Waals surface area contributed by atoms with Crippen molar-refractivity contribution in [1.82, 2.24) is 5.32 Å². The summed E-state index contributed by atoms with van der Waals surface area (Å²) in [7, 11) is 0. The van der Waals surface area contributed by atoms with Gasteiger partial charge in [-0.1, -0.05) is 24.3 Å². The van der Waals surface area contributed by atoms with Crippen molar-refractivity contribution in [1.29, 1.82) is 0 Å². The number of anilines is 1. The summed E-state index contributed by atoms with van der Waals surface area (Å²) in [4.78, 5) is 24.3. The van der Waals surface area contributed by atoms with E-state index in [1.165, 1.54) is 17.4 Å². The highest BCUT2D eigenvalue weighted by atomic mass is 16.5. The van der Waals surface area contributed by atoms with E-state index in [0.717, 1.165) is 19.3 Å². The van der Waals surface area contributed by atoms with Gasteiger partial charge in [-0.15, -0.1) is 0 Å². The number of amides is 2. The summed E-state index contributed by atoms with van der Waals surface area (Å²) < 4.78 is 10.6. The van der Waals surface area contributed by atoms with Crippen LogP contribution in [0.15, 0.2) is 71.3 Å². The van der Waals surface area contributed by atoms with E-state index in [4.69, 9.17) is 9.15 Å². The number of furan rings is 1. The standard InChI is InChI=1S/C23H22N2O4/c26-22(25-20-8-3-6-16-5-1-2-7-19(16)20)15-29-18-12-10-17(11-13-18)24-23(27)21-9-4-14-28-21/h1-2,4-5,7,9-14,20H,3,6,8,15H2,(H,24,27)(H,25,26)/t20-/m1/s1. The van der Waals surface area contributed by atoms with Gasteiger partial charge >= 0.3 is 0 Å². The largest absolute Gasteiger partial charge is 0.484 e. The van der Waals surface area contributed by atoms with E-state index in [9.17, 15) is 9.59 Å². The Bertz CT molecular complexity index is 980. The molecule has 6 heteroatoms. The minimum atomic E-state index is -0.323. The highest BCUT2D eigenvalue weighted by Gasteiger charge is 2.21. The zero-order valence-corrected chi connectivity index (χ0v) is 15.9. The molecule has 2 amide bonds. The van der Waals surface area contributed by atoms with Crippen molar-refractivity contribution in [3.05, 3.63) is 83.8 Å². The molecule has 4 rings (SSSR count).